The summed E-state index contributed by atoms with van der Waals surface area (Å²) in [5.41, 5.74) is 16.6. The van der Waals surface area contributed by atoms with E-state index < -0.39 is 0 Å². The molecule has 0 amide bonds. The van der Waals surface area contributed by atoms with Gasteiger partial charge in [-0.15, -0.1) is 0 Å². The number of fused-ring (bicyclic) bond motifs is 14. The van der Waals surface area contributed by atoms with Crippen molar-refractivity contribution in [1.29, 1.82) is 0 Å². The Bertz CT molecular complexity index is 3200. The Hall–Kier alpha value is -6.96. The van der Waals surface area contributed by atoms with Gasteiger partial charge in [-0.05, 0) is 123 Å². The highest BCUT2D eigenvalue weighted by Gasteiger charge is 2.40. The molecule has 0 aliphatic heterocycles. The van der Waals surface area contributed by atoms with Crippen molar-refractivity contribution in [2.24, 2.45) is 0 Å². The number of hydrogen-bond donors (Lipinski definition) is 0. The van der Waals surface area contributed by atoms with E-state index in [1.165, 1.54) is 98.7 Å². The molecule has 12 rings (SSSR count). The Labute approximate surface area is 345 Å². The highest BCUT2D eigenvalue weighted by molar-refractivity contribution is 6.07. The molecule has 59 heavy (non-hydrogen) atoms. The van der Waals surface area contributed by atoms with Crippen LogP contribution in [0.5, 0.6) is 0 Å². The van der Waals surface area contributed by atoms with E-state index in [1.807, 2.05) is 0 Å². The van der Waals surface area contributed by atoms with Crippen molar-refractivity contribution in [3.63, 3.8) is 0 Å². The first-order valence-electron chi connectivity index (χ1n) is 20.9. The van der Waals surface area contributed by atoms with Crippen molar-refractivity contribution < 1.29 is 0 Å². The molecular weight excluding hydrogens is 711 g/mol. The van der Waals surface area contributed by atoms with Gasteiger partial charge in [0.2, 0.25) is 0 Å². The zero-order chi connectivity index (χ0) is 39.6. The van der Waals surface area contributed by atoms with Crippen molar-refractivity contribution in [3.05, 3.63) is 210 Å². The van der Waals surface area contributed by atoms with Gasteiger partial charge in [0.25, 0.3) is 0 Å². The van der Waals surface area contributed by atoms with Gasteiger partial charge in [0, 0.05) is 27.8 Å². The summed E-state index contributed by atoms with van der Waals surface area (Å²) in [6.07, 6.45) is 0. The third-order valence-electron chi connectivity index (χ3n) is 13.7. The van der Waals surface area contributed by atoms with Gasteiger partial charge < -0.3 is 4.90 Å². The number of para-hydroxylation sites is 1. The fraction of sp³-hybridized carbons (Fsp3) is 0.103. The van der Waals surface area contributed by atoms with Gasteiger partial charge in [0.15, 0.2) is 0 Å². The average molecular weight is 754 g/mol. The van der Waals surface area contributed by atoms with Crippen LogP contribution < -0.4 is 4.90 Å². The molecule has 0 spiro atoms. The van der Waals surface area contributed by atoms with Crippen molar-refractivity contribution in [2.75, 3.05) is 4.90 Å². The van der Waals surface area contributed by atoms with E-state index in [2.05, 4.69) is 221 Å². The van der Waals surface area contributed by atoms with Crippen LogP contribution in [0.15, 0.2) is 188 Å². The zero-order valence-corrected chi connectivity index (χ0v) is 33.8. The molecule has 0 unspecified atom stereocenters. The summed E-state index contributed by atoms with van der Waals surface area (Å²) in [6.45, 7) is 9.64. The van der Waals surface area contributed by atoms with Crippen molar-refractivity contribution in [3.8, 4) is 33.4 Å². The van der Waals surface area contributed by atoms with Crippen molar-refractivity contribution in [2.45, 2.75) is 38.5 Å². The van der Waals surface area contributed by atoms with Gasteiger partial charge in [-0.2, -0.15) is 0 Å². The van der Waals surface area contributed by atoms with Crippen LogP contribution in [-0.2, 0) is 10.8 Å². The smallest absolute Gasteiger partial charge is 0.0540 e. The molecule has 2 aliphatic carbocycles. The summed E-state index contributed by atoms with van der Waals surface area (Å²) in [5.74, 6) is 0. The molecule has 2 aliphatic rings. The SMILES string of the molecule is CC1(C)c2c(ccc3ccccc23)-c2ccc3cc(N(c4ccc5c6c(ccc5c4)-c4ccc5ccccc5c4C6(C)C)c4ccccc4-c4ccccc4)ccc3c21. The Morgan fingerprint density at radius 3 is 1.19 bits per heavy atom. The fourth-order valence-corrected chi connectivity index (χ4v) is 11.3. The van der Waals surface area contributed by atoms with Crippen LogP contribution in [0.25, 0.3) is 76.5 Å². The zero-order valence-electron chi connectivity index (χ0n) is 33.8. The van der Waals surface area contributed by atoms with Crippen LogP contribution in [0.4, 0.5) is 17.1 Å². The van der Waals surface area contributed by atoms with Gasteiger partial charge in [0.1, 0.15) is 0 Å². The number of anilines is 3. The molecule has 10 aromatic rings. The Morgan fingerprint density at radius 1 is 0.305 bits per heavy atom. The minimum absolute atomic E-state index is 0.148. The van der Waals surface area contributed by atoms with Gasteiger partial charge in [-0.1, -0.05) is 185 Å². The van der Waals surface area contributed by atoms with E-state index in [4.69, 9.17) is 0 Å². The Balaban J connectivity index is 1.05. The standard InChI is InChI=1S/C58H43N/c1-57(2)53-44-19-10-8-16-37(44)22-28-48(53)50-30-24-39-34-41(26-32-46(39)55(50)57)59(52-21-13-12-18-43(52)36-14-6-5-7-15-36)42-27-33-47-40(35-42)25-31-51-49-29-23-38-17-9-11-20-45(38)54(49)58(3,4)56(47)51/h5-35H,1-4H3. The molecule has 0 heterocycles. The van der Waals surface area contributed by atoms with E-state index in [0.717, 1.165) is 17.1 Å². The maximum Gasteiger partial charge on any atom is 0.0540 e. The van der Waals surface area contributed by atoms with E-state index >= 15 is 0 Å². The highest BCUT2D eigenvalue weighted by Crippen LogP contribution is 2.56. The molecule has 0 saturated heterocycles. The largest absolute Gasteiger partial charge is 0.310 e. The monoisotopic (exact) mass is 753 g/mol. The predicted molar refractivity (Wildman–Crippen MR) is 252 cm³/mol. The lowest BCUT2D eigenvalue weighted by Crippen LogP contribution is -2.16. The molecule has 10 aromatic carbocycles. The lowest BCUT2D eigenvalue weighted by Gasteiger charge is -2.30. The molecule has 0 bridgehead atoms. The number of benzene rings is 10. The fourth-order valence-electron chi connectivity index (χ4n) is 11.3. The van der Waals surface area contributed by atoms with Crippen molar-refractivity contribution >= 4 is 60.2 Å². The molecule has 0 fully saturated rings. The first kappa shape index (κ1) is 34.1. The van der Waals surface area contributed by atoms with Crippen LogP contribution in [0.3, 0.4) is 0 Å². The quantitative estimate of drug-likeness (QED) is 0.173. The maximum absolute atomic E-state index is 2.47. The minimum Gasteiger partial charge on any atom is -0.310 e. The summed E-state index contributed by atoms with van der Waals surface area (Å²) >= 11 is 0. The van der Waals surface area contributed by atoms with Crippen LogP contribution in [0, 0.1) is 0 Å². The van der Waals surface area contributed by atoms with E-state index in [-0.39, 0.29) is 10.8 Å². The van der Waals surface area contributed by atoms with Gasteiger partial charge in [-0.3, -0.25) is 0 Å². The Kier molecular flexibility index (Phi) is 7.10. The molecular formula is C58H43N. The summed E-state index contributed by atoms with van der Waals surface area (Å²) in [7, 11) is 0. The number of nitrogens with zero attached hydrogens (tertiary/aromatic N) is 1. The molecule has 280 valence electrons. The third kappa shape index (κ3) is 4.79. The molecule has 0 atom stereocenters. The normalized spacial score (nSPS) is 14.4. The predicted octanol–water partition coefficient (Wildman–Crippen LogP) is 16.0. The molecule has 0 radical (unpaired) electrons. The maximum atomic E-state index is 2.47. The average Bonchev–Trinajstić information content (AvgIpc) is 3.67. The first-order valence-corrected chi connectivity index (χ1v) is 20.9. The summed E-state index contributed by atoms with van der Waals surface area (Å²) < 4.78 is 0. The molecule has 1 nitrogen and oxygen atoms in total. The molecule has 0 saturated carbocycles. The van der Waals surface area contributed by atoms with Crippen LogP contribution in [0.1, 0.15) is 49.9 Å². The van der Waals surface area contributed by atoms with Gasteiger partial charge in [-0.25, -0.2) is 0 Å². The van der Waals surface area contributed by atoms with Gasteiger partial charge >= 0.3 is 0 Å². The summed E-state index contributed by atoms with van der Waals surface area (Å²) in [6, 6.07) is 70.3. The van der Waals surface area contributed by atoms with Crippen molar-refractivity contribution in [1.82, 2.24) is 0 Å². The second-order valence-corrected chi connectivity index (χ2v) is 17.7. The number of hydrogen-bond acceptors (Lipinski definition) is 1. The van der Waals surface area contributed by atoms with E-state index in [1.54, 1.807) is 0 Å². The minimum atomic E-state index is -0.148. The summed E-state index contributed by atoms with van der Waals surface area (Å²) in [5, 5.41) is 10.4. The van der Waals surface area contributed by atoms with Crippen LogP contribution in [-0.4, -0.2) is 0 Å². The molecule has 0 N–H and O–H groups in total. The third-order valence-corrected chi connectivity index (χ3v) is 13.7. The lowest BCUT2D eigenvalue weighted by molar-refractivity contribution is 0.672. The van der Waals surface area contributed by atoms with Crippen LogP contribution in [0.2, 0.25) is 0 Å². The van der Waals surface area contributed by atoms with Crippen LogP contribution >= 0.6 is 0 Å². The summed E-state index contributed by atoms with van der Waals surface area (Å²) in [4.78, 5) is 2.47. The molecule has 0 aromatic heterocycles. The Morgan fingerprint density at radius 2 is 0.695 bits per heavy atom. The van der Waals surface area contributed by atoms with Gasteiger partial charge in [0.05, 0.1) is 5.69 Å². The second-order valence-electron chi connectivity index (χ2n) is 17.7. The topological polar surface area (TPSA) is 3.24 Å². The second kappa shape index (κ2) is 12.3. The molecule has 1 heteroatoms. The number of rotatable bonds is 4. The lowest BCUT2D eigenvalue weighted by atomic mass is 9.78. The first-order chi connectivity index (χ1) is 28.8. The van der Waals surface area contributed by atoms with E-state index in [9.17, 15) is 0 Å². The van der Waals surface area contributed by atoms with E-state index in [0.29, 0.717) is 0 Å². The highest BCUT2D eigenvalue weighted by atomic mass is 15.1.